The highest BCUT2D eigenvalue weighted by molar-refractivity contribution is 7.48. The van der Waals surface area contributed by atoms with Gasteiger partial charge in [-0.2, -0.15) is 15.0 Å². The Balaban J connectivity index is 0.830. The molecule has 80 heavy (non-hydrogen) atoms. The molecule has 4 saturated heterocycles. The molecular formula is C39H50N15O23P3. The van der Waals surface area contributed by atoms with Crippen molar-refractivity contribution in [3.8, 4) is 0 Å². The molecule has 4 aliphatic rings. The standard InChI is InChI=1S/C39H50N15O23P3/c1-15-8-52(39(61)50-33(15)57)27-5-17(20(9-55)71-27)75-79(64,65)69-11-22-18(6-26(73-22)51-3-2-24(40)45-38(51)60)76-80(66,67)70-12-23-19(7-28(74-23)54-14-44-30-32(54)47-37(42)49-35(30)59)77-78(62,63)68-10-21-16(56)4-25(72-21)53-13-43-29-31(53)46-36(41)48-34(29)58/h2-3,8,13-14,16-23,25-28,55-56H,4-7,9-12H2,1H3,(H,62,63)(H,64,65)(H,66,67)(H2,40,45,60)(H,50,57,61)(H3,41,46,48,58)(H3,42,47,49,59)/t16-,17-,18-,19-,20+,21+,22+,23+,25+,26+,27+,28+/m0/s1. The first-order valence-corrected chi connectivity index (χ1v) is 28.3. The van der Waals surface area contributed by atoms with Crippen molar-refractivity contribution in [1.29, 1.82) is 0 Å². The normalized spacial score (nSPS) is 29.3. The molecule has 14 N–H and O–H groups in total. The van der Waals surface area contributed by atoms with Gasteiger partial charge >= 0.3 is 34.8 Å². The van der Waals surface area contributed by atoms with Crippen molar-refractivity contribution in [2.24, 2.45) is 0 Å². The number of hydrogen-bond donors (Lipinski definition) is 11. The summed E-state index contributed by atoms with van der Waals surface area (Å²) in [7, 11) is -15.8. The number of anilines is 3. The first kappa shape index (κ1) is 57.0. The van der Waals surface area contributed by atoms with Crippen LogP contribution in [-0.4, -0.2) is 158 Å². The Morgan fingerprint density at radius 1 is 0.613 bits per heavy atom. The number of aromatic amines is 3. The minimum absolute atomic E-state index is 0.0311. The molecule has 0 aliphatic carbocycles. The monoisotopic (exact) mass is 1190 g/mol. The first-order valence-electron chi connectivity index (χ1n) is 23.8. The highest BCUT2D eigenvalue weighted by atomic mass is 31.2. The van der Waals surface area contributed by atoms with Crippen LogP contribution in [0.4, 0.5) is 17.7 Å². The third kappa shape index (κ3) is 12.2. The van der Waals surface area contributed by atoms with Crippen molar-refractivity contribution in [3.63, 3.8) is 0 Å². The summed E-state index contributed by atoms with van der Waals surface area (Å²) in [6.07, 6.45) is -12.9. The first-order chi connectivity index (χ1) is 37.8. The van der Waals surface area contributed by atoms with Gasteiger partial charge in [0.15, 0.2) is 22.3 Å². The Labute approximate surface area is 444 Å². The molecule has 0 radical (unpaired) electrons. The summed E-state index contributed by atoms with van der Waals surface area (Å²) in [6, 6.07) is 1.24. The minimum Gasteiger partial charge on any atom is -0.394 e. The molecule has 0 aromatic carbocycles. The van der Waals surface area contributed by atoms with E-state index in [2.05, 4.69) is 39.9 Å². The molecule has 10 rings (SSSR count). The number of imidazole rings is 2. The zero-order valence-electron chi connectivity index (χ0n) is 41.2. The molecule has 3 unspecified atom stereocenters. The van der Waals surface area contributed by atoms with Crippen LogP contribution in [0.25, 0.3) is 22.3 Å². The highest BCUT2D eigenvalue weighted by Crippen LogP contribution is 2.53. The smallest absolute Gasteiger partial charge is 0.394 e. The lowest BCUT2D eigenvalue weighted by Crippen LogP contribution is -2.33. The van der Waals surface area contributed by atoms with E-state index in [1.54, 1.807) is 0 Å². The van der Waals surface area contributed by atoms with Crippen LogP contribution < -0.4 is 45.3 Å². The van der Waals surface area contributed by atoms with E-state index >= 15 is 0 Å². The van der Waals surface area contributed by atoms with Crippen molar-refractivity contribution in [2.45, 2.75) is 106 Å². The predicted octanol–water partition coefficient (Wildman–Crippen LogP) is -2.88. The van der Waals surface area contributed by atoms with Crippen LogP contribution in [0.15, 0.2) is 55.1 Å². The average molecular weight is 1190 g/mol. The molecule has 0 spiro atoms. The molecule has 6 aromatic heterocycles. The van der Waals surface area contributed by atoms with Gasteiger partial charge in [0.1, 0.15) is 73.5 Å². The zero-order chi connectivity index (χ0) is 57.2. The van der Waals surface area contributed by atoms with Crippen LogP contribution in [0.3, 0.4) is 0 Å². The number of nitrogens with one attached hydrogen (secondary N) is 3. The lowest BCUT2D eigenvalue weighted by Gasteiger charge is -2.25. The summed E-state index contributed by atoms with van der Waals surface area (Å²) in [4.78, 5) is 122. The maximum Gasteiger partial charge on any atom is 0.472 e. The van der Waals surface area contributed by atoms with Crippen LogP contribution in [0.1, 0.15) is 56.2 Å². The maximum atomic E-state index is 13.9. The van der Waals surface area contributed by atoms with Gasteiger partial charge in [-0.15, -0.1) is 0 Å². The number of aryl methyl sites for hydroxylation is 1. The van der Waals surface area contributed by atoms with Gasteiger partial charge in [-0.3, -0.25) is 74.7 Å². The van der Waals surface area contributed by atoms with E-state index in [1.807, 2.05) is 0 Å². The molecule has 15 atom stereocenters. The van der Waals surface area contributed by atoms with Crippen LogP contribution in [0, 0.1) is 6.92 Å². The number of aromatic nitrogens is 12. The number of aliphatic hydroxyl groups is 2. The SMILES string of the molecule is Cc1cn([C@H]2C[C@H](OP(=O)(O)OC[C@H]3O[C@@H](n4ccc(N)nc4=O)C[C@@H]3OP(=O)(O)OC[C@H]3O[C@@H](n4cnc5c(=O)[nH]c(N)nc54)C[C@@H]3OP(=O)(O)OC[C@H]3O[C@@H](n4cnc5c(=O)[nH]c(N)nc54)C[C@@H]3O)[C@@H](CO)O2)c(=O)[nH]c1=O. The molecule has 0 amide bonds. The number of aliphatic hydroxyl groups excluding tert-OH is 2. The van der Waals surface area contributed by atoms with Gasteiger partial charge in [0.05, 0.1) is 45.2 Å². The number of fused-ring (bicyclic) bond motifs is 2. The number of hydrogen-bond acceptors (Lipinski definition) is 28. The maximum absolute atomic E-state index is 13.9. The molecule has 38 nitrogen and oxygen atoms in total. The van der Waals surface area contributed by atoms with E-state index in [4.69, 9.17) is 63.3 Å². The Hall–Kier alpha value is -6.25. The topological polar surface area (TPSA) is 540 Å². The molecule has 10 heterocycles. The number of nitrogens with two attached hydrogens (primary N) is 3. The quantitative estimate of drug-likeness (QED) is 0.0342. The average Bonchev–Trinajstić information content (AvgIpc) is 4.29. The van der Waals surface area contributed by atoms with E-state index in [-0.39, 0.29) is 64.9 Å². The van der Waals surface area contributed by atoms with E-state index in [0.717, 1.165) is 15.5 Å². The van der Waals surface area contributed by atoms with Crippen molar-refractivity contribution in [2.75, 3.05) is 43.6 Å². The summed E-state index contributed by atoms with van der Waals surface area (Å²) in [5.74, 6) is -0.694. The molecule has 0 saturated carbocycles. The second-order valence-corrected chi connectivity index (χ2v) is 22.7. The summed E-state index contributed by atoms with van der Waals surface area (Å²) in [5.41, 5.74) is 13.1. The van der Waals surface area contributed by atoms with Crippen LogP contribution in [0.5, 0.6) is 0 Å². The third-order valence-electron chi connectivity index (χ3n) is 13.1. The summed E-state index contributed by atoms with van der Waals surface area (Å²) < 4.78 is 102. The summed E-state index contributed by atoms with van der Waals surface area (Å²) in [5, 5.41) is 20.9. The highest BCUT2D eigenvalue weighted by Gasteiger charge is 2.48. The van der Waals surface area contributed by atoms with Crippen molar-refractivity contribution in [1.82, 2.24) is 58.1 Å². The summed E-state index contributed by atoms with van der Waals surface area (Å²) in [6.45, 7) is -2.00. The molecule has 434 valence electrons. The fraction of sp³-hybridized carbons (Fsp3) is 0.538. The Morgan fingerprint density at radius 2 is 1.05 bits per heavy atom. The number of nitrogen functional groups attached to an aromatic ring is 3. The van der Waals surface area contributed by atoms with Gasteiger partial charge in [-0.05, 0) is 13.0 Å². The van der Waals surface area contributed by atoms with E-state index in [9.17, 15) is 62.6 Å². The largest absolute Gasteiger partial charge is 0.472 e. The third-order valence-corrected chi connectivity index (χ3v) is 16.1. The molecule has 4 aliphatic heterocycles. The van der Waals surface area contributed by atoms with Gasteiger partial charge in [0.25, 0.3) is 16.7 Å². The van der Waals surface area contributed by atoms with Gasteiger partial charge in [0.2, 0.25) is 11.9 Å². The number of nitrogens with zero attached hydrogens (tertiary/aromatic N) is 9. The van der Waals surface area contributed by atoms with Crippen LogP contribution >= 0.6 is 23.5 Å². The Bertz CT molecular complexity index is 3770. The minimum atomic E-state index is -5.40. The summed E-state index contributed by atoms with van der Waals surface area (Å²) >= 11 is 0. The molecule has 0 bridgehead atoms. The van der Waals surface area contributed by atoms with Crippen molar-refractivity contribution in [3.05, 3.63) is 88.7 Å². The molecule has 41 heteroatoms. The fourth-order valence-corrected chi connectivity index (χ4v) is 12.2. The van der Waals surface area contributed by atoms with Gasteiger partial charge in [-0.25, -0.2) is 33.3 Å². The lowest BCUT2D eigenvalue weighted by atomic mass is 10.2. The van der Waals surface area contributed by atoms with Gasteiger partial charge in [0, 0.05) is 43.6 Å². The van der Waals surface area contributed by atoms with Gasteiger partial charge in [-0.1, -0.05) is 0 Å². The number of rotatable bonds is 20. The molecule has 4 fully saturated rings. The number of phosphoric acid groups is 3. The van der Waals surface area contributed by atoms with Gasteiger partial charge < -0.3 is 61.0 Å². The fourth-order valence-electron chi connectivity index (χ4n) is 9.31. The Kier molecular flexibility index (Phi) is 15.9. The van der Waals surface area contributed by atoms with Crippen molar-refractivity contribution >= 4 is 63.5 Å². The number of phosphoric ester groups is 3. The van der Waals surface area contributed by atoms with Crippen LogP contribution in [-0.2, 0) is 59.8 Å². The predicted molar refractivity (Wildman–Crippen MR) is 263 cm³/mol. The van der Waals surface area contributed by atoms with E-state index < -0.39 is 158 Å². The zero-order valence-corrected chi connectivity index (χ0v) is 43.8. The lowest BCUT2D eigenvalue weighted by molar-refractivity contribution is -0.0630. The Morgan fingerprint density at radius 3 is 1.55 bits per heavy atom. The van der Waals surface area contributed by atoms with E-state index in [0.29, 0.717) is 0 Å². The number of ether oxygens (including phenoxy) is 4. The second kappa shape index (κ2) is 22.2. The molecular weight excluding hydrogens is 1140 g/mol. The number of H-pyrrole nitrogens is 3. The molecule has 6 aromatic rings. The van der Waals surface area contributed by atoms with E-state index in [1.165, 1.54) is 40.8 Å². The van der Waals surface area contributed by atoms with Crippen LogP contribution in [0.2, 0.25) is 0 Å². The second-order valence-electron chi connectivity index (χ2n) is 18.5. The van der Waals surface area contributed by atoms with Crippen molar-refractivity contribution < 1.29 is 84.7 Å².